The Kier molecular flexibility index (Phi) is 4.20. The molecule has 1 aromatic carbocycles. The molecule has 4 heteroatoms. The van der Waals surface area contributed by atoms with Gasteiger partial charge in [-0.05, 0) is 30.0 Å². The second-order valence-corrected chi connectivity index (χ2v) is 4.65. The molecular weight excluding hydrogens is 228 g/mol. The fourth-order valence-corrected chi connectivity index (χ4v) is 2.38. The van der Waals surface area contributed by atoms with Crippen molar-refractivity contribution in [1.82, 2.24) is 4.90 Å². The van der Waals surface area contributed by atoms with Crippen LogP contribution in [-0.4, -0.2) is 31.1 Å². The molecule has 1 aliphatic rings. The highest BCUT2D eigenvalue weighted by Crippen LogP contribution is 2.24. The van der Waals surface area contributed by atoms with Crippen LogP contribution in [0.5, 0.6) is 0 Å². The maximum atomic E-state index is 12.0. The normalized spacial score (nSPS) is 14.4. The van der Waals surface area contributed by atoms with E-state index in [0.29, 0.717) is 19.6 Å². The van der Waals surface area contributed by atoms with Crippen LogP contribution in [0.3, 0.4) is 0 Å². The monoisotopic (exact) mass is 248 g/mol. The van der Waals surface area contributed by atoms with E-state index in [1.807, 2.05) is 17.0 Å². The molecule has 0 saturated carbocycles. The zero-order chi connectivity index (χ0) is 13.0. The smallest absolute Gasteiger partial charge is 0.222 e. The number of nitrogens with zero attached hydrogens (tertiary/aromatic N) is 1. The van der Waals surface area contributed by atoms with Gasteiger partial charge in [-0.2, -0.15) is 0 Å². The highest BCUT2D eigenvalue weighted by molar-refractivity contribution is 5.76. The number of fused-ring (bicyclic) bond motifs is 1. The Hall–Kier alpha value is -1.55. The van der Waals surface area contributed by atoms with E-state index in [4.69, 9.17) is 10.5 Å². The number of nitrogens with two attached hydrogens (primary N) is 1. The molecule has 0 spiro atoms. The van der Waals surface area contributed by atoms with E-state index in [2.05, 4.69) is 6.07 Å². The number of ether oxygens (including phenoxy) is 1. The summed E-state index contributed by atoms with van der Waals surface area (Å²) in [6, 6.07) is 5.93. The predicted molar refractivity (Wildman–Crippen MR) is 71.1 cm³/mol. The fraction of sp³-hybridized carbons (Fsp3) is 0.500. The first-order valence-corrected chi connectivity index (χ1v) is 6.35. The summed E-state index contributed by atoms with van der Waals surface area (Å²) in [7, 11) is 1.66. The van der Waals surface area contributed by atoms with Crippen LogP contribution >= 0.6 is 0 Å². The molecule has 1 aromatic rings. The van der Waals surface area contributed by atoms with Crippen LogP contribution in [0.4, 0.5) is 5.69 Å². The quantitative estimate of drug-likeness (QED) is 0.650. The Bertz CT molecular complexity index is 432. The van der Waals surface area contributed by atoms with Gasteiger partial charge < -0.3 is 15.4 Å². The Morgan fingerprint density at radius 2 is 2.33 bits per heavy atom. The molecule has 2 rings (SSSR count). The first-order valence-electron chi connectivity index (χ1n) is 6.35. The number of nitrogen functional groups attached to an aromatic ring is 1. The molecule has 0 saturated heterocycles. The van der Waals surface area contributed by atoms with Crippen molar-refractivity contribution in [2.45, 2.75) is 25.8 Å². The molecule has 1 heterocycles. The van der Waals surface area contributed by atoms with Gasteiger partial charge in [-0.3, -0.25) is 4.79 Å². The van der Waals surface area contributed by atoms with E-state index < -0.39 is 0 Å². The van der Waals surface area contributed by atoms with Crippen molar-refractivity contribution >= 4 is 11.6 Å². The number of hydrogen-bond acceptors (Lipinski definition) is 3. The van der Waals surface area contributed by atoms with Crippen molar-refractivity contribution < 1.29 is 9.53 Å². The van der Waals surface area contributed by atoms with Crippen molar-refractivity contribution in [2.75, 3.05) is 26.0 Å². The Morgan fingerprint density at radius 3 is 3.11 bits per heavy atom. The number of rotatable bonds is 4. The Labute approximate surface area is 108 Å². The summed E-state index contributed by atoms with van der Waals surface area (Å²) in [5, 5.41) is 0. The predicted octanol–water partition coefficient (Wildman–Crippen LogP) is 1.58. The van der Waals surface area contributed by atoms with Gasteiger partial charge in [-0.15, -0.1) is 0 Å². The lowest BCUT2D eigenvalue weighted by atomic mass is 9.98. The van der Waals surface area contributed by atoms with E-state index in [1.165, 1.54) is 11.1 Å². The topological polar surface area (TPSA) is 55.6 Å². The average Bonchev–Trinajstić information content (AvgIpc) is 2.39. The number of carbonyl (C=O) groups is 1. The van der Waals surface area contributed by atoms with E-state index in [9.17, 15) is 4.79 Å². The largest absolute Gasteiger partial charge is 0.398 e. The van der Waals surface area contributed by atoms with Crippen LogP contribution in [0.25, 0.3) is 0 Å². The van der Waals surface area contributed by atoms with Crippen LogP contribution in [0.15, 0.2) is 18.2 Å². The van der Waals surface area contributed by atoms with Gasteiger partial charge in [0.2, 0.25) is 5.91 Å². The van der Waals surface area contributed by atoms with E-state index >= 15 is 0 Å². The zero-order valence-corrected chi connectivity index (χ0v) is 10.8. The van der Waals surface area contributed by atoms with Gasteiger partial charge in [0.05, 0.1) is 0 Å². The minimum absolute atomic E-state index is 0.208. The average molecular weight is 248 g/mol. The fourth-order valence-electron chi connectivity index (χ4n) is 2.38. The summed E-state index contributed by atoms with van der Waals surface area (Å²) in [6.07, 6.45) is 2.21. The first kappa shape index (κ1) is 12.9. The Morgan fingerprint density at radius 1 is 1.50 bits per heavy atom. The third kappa shape index (κ3) is 2.82. The van der Waals surface area contributed by atoms with Gasteiger partial charge in [0, 0.05) is 38.9 Å². The van der Waals surface area contributed by atoms with Crippen molar-refractivity contribution in [2.24, 2.45) is 0 Å². The summed E-state index contributed by atoms with van der Waals surface area (Å²) in [4.78, 5) is 13.9. The van der Waals surface area contributed by atoms with Gasteiger partial charge in [-0.25, -0.2) is 0 Å². The zero-order valence-electron chi connectivity index (χ0n) is 10.8. The minimum atomic E-state index is 0.208. The van der Waals surface area contributed by atoms with Crippen LogP contribution in [0.2, 0.25) is 0 Å². The molecule has 0 aromatic heterocycles. The molecule has 0 radical (unpaired) electrons. The van der Waals surface area contributed by atoms with Crippen LogP contribution in [-0.2, 0) is 22.5 Å². The standard InChI is InChI=1S/C14H20N2O2/c1-18-9-3-6-14(17)16-8-7-12-11(10-16)4-2-5-13(12)15/h2,4-5H,3,6-10,15H2,1H3. The maximum Gasteiger partial charge on any atom is 0.222 e. The van der Waals surface area contributed by atoms with Crippen molar-refractivity contribution in [3.63, 3.8) is 0 Å². The molecule has 0 atom stereocenters. The van der Waals surface area contributed by atoms with Crippen LogP contribution in [0, 0.1) is 0 Å². The molecule has 1 amide bonds. The highest BCUT2D eigenvalue weighted by atomic mass is 16.5. The van der Waals surface area contributed by atoms with Crippen molar-refractivity contribution in [3.8, 4) is 0 Å². The van der Waals surface area contributed by atoms with E-state index in [0.717, 1.165) is 25.1 Å². The summed E-state index contributed by atoms with van der Waals surface area (Å²) in [5.41, 5.74) is 9.18. The molecule has 0 aliphatic carbocycles. The lowest BCUT2D eigenvalue weighted by Gasteiger charge is -2.29. The number of amides is 1. The molecule has 98 valence electrons. The second kappa shape index (κ2) is 5.87. The number of hydrogen-bond donors (Lipinski definition) is 1. The molecule has 0 fully saturated rings. The Balaban J connectivity index is 1.97. The van der Waals surface area contributed by atoms with Crippen LogP contribution in [0.1, 0.15) is 24.0 Å². The van der Waals surface area contributed by atoms with Gasteiger partial charge in [0.25, 0.3) is 0 Å². The highest BCUT2D eigenvalue weighted by Gasteiger charge is 2.21. The van der Waals surface area contributed by atoms with E-state index in [-0.39, 0.29) is 5.91 Å². The third-order valence-electron chi connectivity index (χ3n) is 3.39. The second-order valence-electron chi connectivity index (χ2n) is 4.65. The number of benzene rings is 1. The molecule has 0 unspecified atom stereocenters. The maximum absolute atomic E-state index is 12.0. The molecule has 4 nitrogen and oxygen atoms in total. The van der Waals surface area contributed by atoms with Gasteiger partial charge in [-0.1, -0.05) is 12.1 Å². The van der Waals surface area contributed by atoms with Gasteiger partial charge in [0.15, 0.2) is 0 Å². The molecular formula is C14H20N2O2. The lowest BCUT2D eigenvalue weighted by Crippen LogP contribution is -2.36. The minimum Gasteiger partial charge on any atom is -0.398 e. The van der Waals surface area contributed by atoms with Crippen molar-refractivity contribution in [3.05, 3.63) is 29.3 Å². The summed E-state index contributed by atoms with van der Waals surface area (Å²) in [5.74, 6) is 0.208. The van der Waals surface area contributed by atoms with Gasteiger partial charge in [0.1, 0.15) is 0 Å². The number of anilines is 1. The molecule has 2 N–H and O–H groups in total. The number of methoxy groups -OCH3 is 1. The van der Waals surface area contributed by atoms with Gasteiger partial charge >= 0.3 is 0 Å². The summed E-state index contributed by atoms with van der Waals surface area (Å²) in [6.45, 7) is 2.10. The third-order valence-corrected chi connectivity index (χ3v) is 3.39. The molecule has 1 aliphatic heterocycles. The van der Waals surface area contributed by atoms with Crippen molar-refractivity contribution in [1.29, 1.82) is 0 Å². The number of carbonyl (C=O) groups excluding carboxylic acids is 1. The summed E-state index contributed by atoms with van der Waals surface area (Å²) >= 11 is 0. The van der Waals surface area contributed by atoms with E-state index in [1.54, 1.807) is 7.11 Å². The van der Waals surface area contributed by atoms with Crippen LogP contribution < -0.4 is 5.73 Å². The SMILES string of the molecule is COCCCC(=O)N1CCc2c(N)cccc2C1. The lowest BCUT2D eigenvalue weighted by molar-refractivity contribution is -0.132. The molecule has 18 heavy (non-hydrogen) atoms. The summed E-state index contributed by atoms with van der Waals surface area (Å²) < 4.78 is 4.96. The first-order chi connectivity index (χ1) is 8.72. The molecule has 0 bridgehead atoms.